The predicted molar refractivity (Wildman–Crippen MR) is 204 cm³/mol. The summed E-state index contributed by atoms with van der Waals surface area (Å²) in [6, 6.07) is 12.2. The van der Waals surface area contributed by atoms with Gasteiger partial charge in [-0.2, -0.15) is 8.62 Å². The van der Waals surface area contributed by atoms with E-state index in [1.165, 1.54) is 12.2 Å². The lowest BCUT2D eigenvalue weighted by atomic mass is 10.2. The second kappa shape index (κ2) is 17.8. The lowest BCUT2D eigenvalue weighted by Crippen LogP contribution is -2.33. The van der Waals surface area contributed by atoms with Crippen molar-refractivity contribution < 1.29 is 61.1 Å². The fourth-order valence-corrected chi connectivity index (χ4v) is 9.57. The SMILES string of the molecule is CN(CCCC(=O)NC/C=C/c1cn([C@H]2C[C@H](O)[C@@H](COP(=O)(O)OP(=O)(O)OP(=O)(O)O)O2)c(=O)[nH]c1=O)c1ccc2nc3ccc(=[N+](C)C)cc-3sc2c1. The summed E-state index contributed by atoms with van der Waals surface area (Å²) in [5, 5.41) is 14.2. The minimum Gasteiger partial charge on any atom is -0.390 e. The van der Waals surface area contributed by atoms with Gasteiger partial charge in [0.1, 0.15) is 26.4 Å². The Bertz CT molecular complexity index is 2430. The fourth-order valence-electron chi connectivity index (χ4n) is 5.51. The van der Waals surface area contributed by atoms with Crippen molar-refractivity contribution in [3.05, 3.63) is 80.4 Å². The van der Waals surface area contributed by atoms with Gasteiger partial charge in [0, 0.05) is 57.0 Å². The molecule has 2 unspecified atom stereocenters. The third kappa shape index (κ3) is 11.9. The van der Waals surface area contributed by atoms with Crippen molar-refractivity contribution in [2.24, 2.45) is 0 Å². The number of aromatic amines is 1. The number of ether oxygens (including phenoxy) is 1. The Morgan fingerprint density at radius 2 is 1.88 bits per heavy atom. The minimum atomic E-state index is -5.76. The number of hydrogen-bond acceptors (Lipinski definition) is 14. The first-order valence-electron chi connectivity index (χ1n) is 16.7. The van der Waals surface area contributed by atoms with Crippen molar-refractivity contribution in [3.8, 4) is 10.6 Å². The van der Waals surface area contributed by atoms with Gasteiger partial charge in [-0.15, -0.1) is 11.3 Å². The topological polar surface area (TPSA) is 292 Å². The van der Waals surface area contributed by atoms with Crippen molar-refractivity contribution in [3.63, 3.8) is 0 Å². The van der Waals surface area contributed by atoms with Gasteiger partial charge in [-0.05, 0) is 30.7 Å². The Labute approximate surface area is 321 Å². The zero-order valence-corrected chi connectivity index (χ0v) is 33.5. The number of carbonyl (C=O) groups is 1. The largest absolute Gasteiger partial charge is 0.490 e. The summed E-state index contributed by atoms with van der Waals surface area (Å²) < 4.78 is 55.7. The van der Waals surface area contributed by atoms with Crippen molar-refractivity contribution in [2.75, 3.05) is 45.7 Å². The number of benzene rings is 2. The highest BCUT2D eigenvalue weighted by atomic mass is 32.1. The van der Waals surface area contributed by atoms with Crippen LogP contribution in [-0.4, -0.2) is 98.2 Å². The molecule has 5 rings (SSSR count). The van der Waals surface area contributed by atoms with Crippen molar-refractivity contribution in [1.29, 1.82) is 0 Å². The molecule has 0 bridgehead atoms. The molecule has 1 aliphatic carbocycles. The van der Waals surface area contributed by atoms with E-state index in [0.717, 1.165) is 42.6 Å². The van der Waals surface area contributed by atoms with Crippen molar-refractivity contribution >= 4 is 62.7 Å². The van der Waals surface area contributed by atoms with Gasteiger partial charge in [0.15, 0.2) is 0 Å². The molecular formula is C31H40N6O15P3S+. The molecule has 1 aromatic heterocycles. The van der Waals surface area contributed by atoms with Crippen LogP contribution in [0.1, 0.15) is 31.1 Å². The highest BCUT2D eigenvalue weighted by molar-refractivity contribution is 7.66. The molecule has 21 nitrogen and oxygen atoms in total. The second-order valence-corrected chi connectivity index (χ2v) is 18.2. The molecule has 1 saturated heterocycles. The molecule has 2 aromatic rings. The number of anilines is 1. The minimum absolute atomic E-state index is 0.00656. The van der Waals surface area contributed by atoms with Crippen LogP contribution < -0.4 is 31.4 Å². The van der Waals surface area contributed by atoms with Crippen molar-refractivity contribution in [1.82, 2.24) is 24.4 Å². The molecule has 1 amide bonds. The fraction of sp³-hybridized carbons (Fsp3) is 0.387. The second-order valence-electron chi connectivity index (χ2n) is 12.7. The van der Waals surface area contributed by atoms with Crippen molar-refractivity contribution in [2.45, 2.75) is 37.7 Å². The van der Waals surface area contributed by atoms with E-state index in [9.17, 15) is 43.0 Å². The Morgan fingerprint density at radius 1 is 1.12 bits per heavy atom. The van der Waals surface area contributed by atoms with Gasteiger partial charge >= 0.3 is 29.2 Å². The summed E-state index contributed by atoms with van der Waals surface area (Å²) in [6.45, 7) is -0.268. The third-order valence-corrected chi connectivity index (χ3v) is 13.1. The first-order chi connectivity index (χ1) is 26.2. The summed E-state index contributed by atoms with van der Waals surface area (Å²) in [5.74, 6) is -0.217. The molecular weight excluding hydrogens is 821 g/mol. The van der Waals surface area contributed by atoms with Crippen LogP contribution in [-0.2, 0) is 36.4 Å². The number of phosphoric ester groups is 1. The van der Waals surface area contributed by atoms with Crippen LogP contribution in [0.2, 0.25) is 0 Å². The van der Waals surface area contributed by atoms with Crippen LogP contribution in [0.5, 0.6) is 0 Å². The van der Waals surface area contributed by atoms with E-state index < -0.39 is 59.8 Å². The Hall–Kier alpha value is -3.72. The zero-order valence-electron chi connectivity index (χ0n) is 30.0. The van der Waals surface area contributed by atoms with Gasteiger partial charge in [0.2, 0.25) is 11.3 Å². The van der Waals surface area contributed by atoms with E-state index in [-0.39, 0.29) is 30.9 Å². The van der Waals surface area contributed by atoms with Gasteiger partial charge in [0.25, 0.3) is 5.56 Å². The van der Waals surface area contributed by atoms with Crippen LogP contribution >= 0.6 is 34.8 Å². The number of phosphoric acid groups is 3. The zero-order chi connectivity index (χ0) is 41.0. The number of nitrogens with zero attached hydrogens (tertiary/aromatic N) is 4. The van der Waals surface area contributed by atoms with E-state index in [2.05, 4.69) is 40.5 Å². The van der Waals surface area contributed by atoms with Gasteiger partial charge in [-0.25, -0.2) is 28.0 Å². The molecule has 3 heterocycles. The Morgan fingerprint density at radius 3 is 2.59 bits per heavy atom. The number of H-pyrrole nitrogens is 1. The van der Waals surface area contributed by atoms with Crippen LogP contribution in [0.25, 0.3) is 26.9 Å². The number of rotatable bonds is 16. The Balaban J connectivity index is 1.10. The molecule has 1 aromatic carbocycles. The molecule has 5 atom stereocenters. The maximum absolute atomic E-state index is 12.6. The summed E-state index contributed by atoms with van der Waals surface area (Å²) in [7, 11) is -10.9. The maximum atomic E-state index is 12.6. The van der Waals surface area contributed by atoms with E-state index in [0.29, 0.717) is 13.0 Å². The monoisotopic (exact) mass is 861 g/mol. The normalized spacial score (nSPS) is 19.6. The van der Waals surface area contributed by atoms with E-state index >= 15 is 0 Å². The number of aliphatic hydroxyl groups is 1. The van der Waals surface area contributed by atoms with Crippen LogP contribution in [0, 0.1) is 0 Å². The summed E-state index contributed by atoms with van der Waals surface area (Å²) in [4.78, 5) is 83.8. The lowest BCUT2D eigenvalue weighted by Gasteiger charge is -2.19. The highest BCUT2D eigenvalue weighted by Crippen LogP contribution is 2.66. The summed E-state index contributed by atoms with van der Waals surface area (Å²) in [6.07, 6.45) is 0.513. The average molecular weight is 862 g/mol. The summed E-state index contributed by atoms with van der Waals surface area (Å²) in [5.41, 5.74) is 1.15. The van der Waals surface area contributed by atoms with E-state index in [1.54, 1.807) is 11.3 Å². The first kappa shape index (κ1) is 43.4. The lowest BCUT2D eigenvalue weighted by molar-refractivity contribution is -0.120. The average Bonchev–Trinajstić information content (AvgIpc) is 3.46. The molecule has 56 heavy (non-hydrogen) atoms. The number of nitrogens with one attached hydrogen (secondary N) is 2. The molecule has 304 valence electrons. The van der Waals surface area contributed by atoms with Gasteiger partial charge in [0.05, 0.1) is 39.1 Å². The molecule has 3 aliphatic rings. The summed E-state index contributed by atoms with van der Waals surface area (Å²) >= 11 is 1.67. The molecule has 0 spiro atoms. The smallest absolute Gasteiger partial charge is 0.390 e. The van der Waals surface area contributed by atoms with E-state index in [4.69, 9.17) is 19.5 Å². The molecule has 7 N–H and O–H groups in total. The van der Waals surface area contributed by atoms with Gasteiger partial charge in [-0.3, -0.25) is 23.7 Å². The van der Waals surface area contributed by atoms with Crippen LogP contribution in [0.4, 0.5) is 5.69 Å². The number of amides is 1. The maximum Gasteiger partial charge on any atom is 0.490 e. The van der Waals surface area contributed by atoms with Gasteiger partial charge < -0.3 is 39.6 Å². The number of fused-ring (bicyclic) bond motifs is 2. The van der Waals surface area contributed by atoms with Crippen LogP contribution in [0.3, 0.4) is 0 Å². The van der Waals surface area contributed by atoms with Gasteiger partial charge in [-0.1, -0.05) is 12.2 Å². The number of aliphatic hydroxyl groups excluding tert-OH is 1. The first-order valence-corrected chi connectivity index (χ1v) is 22.0. The predicted octanol–water partition coefficient (Wildman–Crippen LogP) is 1.32. The number of aromatic nitrogens is 3. The molecule has 2 aliphatic heterocycles. The highest BCUT2D eigenvalue weighted by Gasteiger charge is 2.43. The molecule has 0 saturated carbocycles. The standard InChI is InChI=1S/C31H39N6O15P3S/c1-35(2)20-8-10-22-26(14-20)56-27-15-21(9-11-23(27)33-22)36(3)13-5-7-28(39)32-12-4-6-19-17-37(31(41)34-30(19)40)29-16-24(38)25(50-29)18-49-54(45,46)52-55(47,48)51-53(42,43)44/h4,6,8-11,14-15,17,24-25,29,38H,5,7,12-13,16,18H2,1-3H3,(H5-,32,34,39,40,41,42,43,44,45,46,47,48)/p+1/b6-4+/t24-,25+,29+/m0/s1. The molecule has 0 radical (unpaired) electrons. The number of carbonyl (C=O) groups excluding carboxylic acids is 1. The molecule has 1 fully saturated rings. The molecule has 25 heteroatoms. The van der Waals surface area contributed by atoms with Crippen LogP contribution in [0.15, 0.2) is 58.3 Å². The van der Waals surface area contributed by atoms with E-state index in [1.807, 2.05) is 50.0 Å². The number of hydrogen-bond donors (Lipinski definition) is 7. The Kier molecular flexibility index (Phi) is 13.8. The quantitative estimate of drug-likeness (QED) is 0.0475. The third-order valence-electron chi connectivity index (χ3n) is 8.24.